The molecule has 0 saturated heterocycles. The van der Waals surface area contributed by atoms with E-state index in [1.165, 1.54) is 0 Å². The first kappa shape index (κ1) is 22.5. The molecule has 10 nitrogen and oxygen atoms in total. The molecule has 0 saturated carbocycles. The first-order valence-electron chi connectivity index (χ1n) is 10.7. The summed E-state index contributed by atoms with van der Waals surface area (Å²) in [5, 5.41) is 18.3. The quantitative estimate of drug-likeness (QED) is 0.436. The van der Waals surface area contributed by atoms with Crippen LogP contribution in [-0.2, 0) is 11.0 Å². The molecule has 4 aromatic rings. The summed E-state index contributed by atoms with van der Waals surface area (Å²) in [6.45, 7) is 10.0. The van der Waals surface area contributed by atoms with Crippen molar-refractivity contribution < 1.29 is 9.63 Å². The fraction of sp³-hybridized carbons (Fsp3) is 0.391. The lowest BCUT2D eigenvalue weighted by molar-refractivity contribution is 0.152. The third kappa shape index (κ3) is 4.09. The molecule has 3 N–H and O–H groups in total. The van der Waals surface area contributed by atoms with Gasteiger partial charge in [-0.2, -0.15) is 10.1 Å². The number of nitrogens with zero attached hydrogens (tertiary/aromatic N) is 7. The summed E-state index contributed by atoms with van der Waals surface area (Å²) in [6.07, 6.45) is 8.58. The van der Waals surface area contributed by atoms with Crippen LogP contribution in [0.4, 0.5) is 5.95 Å². The van der Waals surface area contributed by atoms with E-state index in [0.29, 0.717) is 17.3 Å². The topological polar surface area (TPSA) is 142 Å². The van der Waals surface area contributed by atoms with Gasteiger partial charge in [0.15, 0.2) is 5.82 Å². The van der Waals surface area contributed by atoms with Crippen LogP contribution in [0.2, 0.25) is 0 Å². The van der Waals surface area contributed by atoms with Crippen LogP contribution in [0.1, 0.15) is 46.0 Å². The zero-order valence-corrected chi connectivity index (χ0v) is 19.4. The van der Waals surface area contributed by atoms with E-state index in [4.69, 9.17) is 15.2 Å². The van der Waals surface area contributed by atoms with Crippen LogP contribution in [0.5, 0.6) is 0 Å². The Kier molecular flexibility index (Phi) is 5.71. The minimum absolute atomic E-state index is 0.0416. The van der Waals surface area contributed by atoms with Crippen LogP contribution in [0.15, 0.2) is 47.6 Å². The van der Waals surface area contributed by atoms with E-state index in [1.54, 1.807) is 29.5 Å². The molecule has 4 aromatic heterocycles. The average molecular weight is 449 g/mol. The number of rotatable bonds is 7. The number of aliphatic hydroxyl groups is 1. The van der Waals surface area contributed by atoms with Crippen LogP contribution in [-0.4, -0.2) is 46.6 Å². The number of nitrogen functional groups attached to an aromatic ring is 1. The molecule has 0 radical (unpaired) electrons. The van der Waals surface area contributed by atoms with Crippen LogP contribution < -0.4 is 5.73 Å². The molecule has 0 aliphatic rings. The smallest absolute Gasteiger partial charge is 0.261 e. The second-order valence-corrected chi connectivity index (χ2v) is 9.19. The third-order valence-corrected chi connectivity index (χ3v) is 6.21. The maximum atomic E-state index is 9.60. The standard InChI is InChI=1S/C23H28N8O2/c1-14(2)23(5,17-6-7-18(25-11-17)15-8-26-21(24)27-9-15)20-29-19(33-30-20)16-10-28-31(12-16)22(3,4)13-32/h6-12,14,32H,13H2,1-5H3,(H2,24,26,27)/t23-/m0/s1. The maximum Gasteiger partial charge on any atom is 0.261 e. The number of hydrogen-bond donors (Lipinski definition) is 2. The fourth-order valence-corrected chi connectivity index (χ4v) is 3.45. The number of anilines is 1. The van der Waals surface area contributed by atoms with Gasteiger partial charge in [-0.25, -0.2) is 9.97 Å². The highest BCUT2D eigenvalue weighted by atomic mass is 16.5. The lowest BCUT2D eigenvalue weighted by Gasteiger charge is -2.30. The van der Waals surface area contributed by atoms with Gasteiger partial charge in [0, 0.05) is 30.4 Å². The van der Waals surface area contributed by atoms with Crippen molar-refractivity contribution in [3.05, 3.63) is 54.5 Å². The monoisotopic (exact) mass is 448 g/mol. The van der Waals surface area contributed by atoms with Crippen molar-refractivity contribution in [3.8, 4) is 22.7 Å². The molecule has 0 aliphatic carbocycles. The van der Waals surface area contributed by atoms with Crippen molar-refractivity contribution in [1.82, 2.24) is 34.9 Å². The summed E-state index contributed by atoms with van der Waals surface area (Å²) in [5.74, 6) is 1.32. The van der Waals surface area contributed by atoms with Crippen molar-refractivity contribution in [2.24, 2.45) is 5.92 Å². The van der Waals surface area contributed by atoms with Gasteiger partial charge in [-0.05, 0) is 38.3 Å². The third-order valence-electron chi connectivity index (χ3n) is 6.21. The van der Waals surface area contributed by atoms with Crippen molar-refractivity contribution in [3.63, 3.8) is 0 Å². The van der Waals surface area contributed by atoms with E-state index in [2.05, 4.69) is 46.0 Å². The molecule has 10 heteroatoms. The molecular formula is C23H28N8O2. The first-order chi connectivity index (χ1) is 15.6. The Balaban J connectivity index is 1.66. The van der Waals surface area contributed by atoms with Gasteiger partial charge in [-0.3, -0.25) is 9.67 Å². The van der Waals surface area contributed by atoms with Gasteiger partial charge in [0.2, 0.25) is 5.95 Å². The van der Waals surface area contributed by atoms with E-state index >= 15 is 0 Å². The van der Waals surface area contributed by atoms with Crippen LogP contribution in [0.25, 0.3) is 22.7 Å². The van der Waals surface area contributed by atoms with Gasteiger partial charge in [0.1, 0.15) is 0 Å². The Morgan fingerprint density at radius 2 is 1.76 bits per heavy atom. The molecule has 0 unspecified atom stereocenters. The van der Waals surface area contributed by atoms with E-state index in [-0.39, 0.29) is 18.5 Å². The molecule has 0 aliphatic heterocycles. The molecule has 4 heterocycles. The Labute approximate surface area is 191 Å². The SMILES string of the molecule is CC(C)[C@@](C)(c1ccc(-c2cnc(N)nc2)nc1)c1noc(-c2cnn(C(C)(C)CO)c2)n1. The fourth-order valence-electron chi connectivity index (χ4n) is 3.45. The van der Waals surface area contributed by atoms with Gasteiger partial charge in [0.25, 0.3) is 5.89 Å². The zero-order chi connectivity index (χ0) is 23.8. The van der Waals surface area contributed by atoms with Gasteiger partial charge in [-0.15, -0.1) is 0 Å². The number of aliphatic hydroxyl groups excluding tert-OH is 1. The second kappa shape index (κ2) is 8.36. The van der Waals surface area contributed by atoms with Crippen molar-refractivity contribution in [1.29, 1.82) is 0 Å². The Morgan fingerprint density at radius 1 is 1.03 bits per heavy atom. The molecule has 33 heavy (non-hydrogen) atoms. The molecule has 0 spiro atoms. The minimum atomic E-state index is -0.536. The summed E-state index contributed by atoms with van der Waals surface area (Å²) in [4.78, 5) is 17.4. The molecule has 4 rings (SSSR count). The van der Waals surface area contributed by atoms with E-state index in [9.17, 15) is 5.11 Å². The van der Waals surface area contributed by atoms with Gasteiger partial charge < -0.3 is 15.4 Å². The van der Waals surface area contributed by atoms with Crippen LogP contribution in [0, 0.1) is 5.92 Å². The summed E-state index contributed by atoms with van der Waals surface area (Å²) in [7, 11) is 0. The molecule has 0 amide bonds. The summed E-state index contributed by atoms with van der Waals surface area (Å²) in [6, 6.07) is 3.93. The number of pyridine rings is 1. The average Bonchev–Trinajstić information content (AvgIpc) is 3.49. The molecule has 0 fully saturated rings. The highest BCUT2D eigenvalue weighted by molar-refractivity contribution is 5.58. The predicted molar refractivity (Wildman–Crippen MR) is 123 cm³/mol. The summed E-state index contributed by atoms with van der Waals surface area (Å²) < 4.78 is 7.30. The molecule has 1 atom stereocenters. The summed E-state index contributed by atoms with van der Waals surface area (Å²) in [5.41, 5.74) is 7.69. The molecular weight excluding hydrogens is 420 g/mol. The van der Waals surface area contributed by atoms with Gasteiger partial charge >= 0.3 is 0 Å². The normalized spacial score (nSPS) is 13.9. The Bertz CT molecular complexity index is 1230. The zero-order valence-electron chi connectivity index (χ0n) is 19.4. The number of hydrogen-bond acceptors (Lipinski definition) is 9. The van der Waals surface area contributed by atoms with Crippen molar-refractivity contribution >= 4 is 5.95 Å². The van der Waals surface area contributed by atoms with Gasteiger partial charge in [0.05, 0.1) is 35.0 Å². The minimum Gasteiger partial charge on any atom is -0.394 e. The lowest BCUT2D eigenvalue weighted by Crippen LogP contribution is -2.31. The Hall–Kier alpha value is -3.66. The summed E-state index contributed by atoms with van der Waals surface area (Å²) >= 11 is 0. The van der Waals surface area contributed by atoms with Crippen LogP contribution >= 0.6 is 0 Å². The maximum absolute atomic E-state index is 9.60. The molecule has 0 aromatic carbocycles. The second-order valence-electron chi connectivity index (χ2n) is 9.19. The highest BCUT2D eigenvalue weighted by Crippen LogP contribution is 2.38. The molecule has 0 bridgehead atoms. The lowest BCUT2D eigenvalue weighted by atomic mass is 9.73. The number of aromatic nitrogens is 7. The van der Waals surface area contributed by atoms with Gasteiger partial charge in [-0.1, -0.05) is 25.1 Å². The van der Waals surface area contributed by atoms with E-state index in [1.807, 2.05) is 32.2 Å². The predicted octanol–water partition coefficient (Wildman–Crippen LogP) is 3.06. The first-order valence-corrected chi connectivity index (χ1v) is 10.7. The van der Waals surface area contributed by atoms with Crippen LogP contribution in [0.3, 0.4) is 0 Å². The van der Waals surface area contributed by atoms with E-state index < -0.39 is 11.0 Å². The van der Waals surface area contributed by atoms with E-state index in [0.717, 1.165) is 16.8 Å². The molecule has 172 valence electrons. The largest absolute Gasteiger partial charge is 0.394 e. The van der Waals surface area contributed by atoms with Crippen molar-refractivity contribution in [2.75, 3.05) is 12.3 Å². The Morgan fingerprint density at radius 3 is 2.36 bits per heavy atom. The number of nitrogens with two attached hydrogens (primary N) is 1. The highest BCUT2D eigenvalue weighted by Gasteiger charge is 2.38. The van der Waals surface area contributed by atoms with Crippen molar-refractivity contribution in [2.45, 2.75) is 45.6 Å².